The monoisotopic (exact) mass is 248 g/mol. The van der Waals surface area contributed by atoms with Gasteiger partial charge in [-0.1, -0.05) is 11.6 Å². The van der Waals surface area contributed by atoms with Crippen LogP contribution < -0.4 is 9.47 Å². The van der Waals surface area contributed by atoms with Crippen LogP contribution in [0.3, 0.4) is 0 Å². The van der Waals surface area contributed by atoms with Gasteiger partial charge in [0.2, 0.25) is 0 Å². The SMILES string of the molecule is COc1cc(Cl)c(F)c(CC(C)O)c1OC. The molecule has 1 unspecified atom stereocenters. The predicted octanol–water partition coefficient (Wildman–Crippen LogP) is 2.42. The minimum atomic E-state index is -0.688. The molecular formula is C11H14ClFO3. The van der Waals surface area contributed by atoms with E-state index in [1.54, 1.807) is 6.92 Å². The van der Waals surface area contributed by atoms with E-state index in [1.807, 2.05) is 0 Å². The second kappa shape index (κ2) is 5.37. The molecule has 0 aliphatic heterocycles. The maximum absolute atomic E-state index is 13.7. The minimum Gasteiger partial charge on any atom is -0.493 e. The van der Waals surface area contributed by atoms with Crippen LogP contribution in [0.25, 0.3) is 0 Å². The highest BCUT2D eigenvalue weighted by Gasteiger charge is 2.20. The van der Waals surface area contributed by atoms with Crippen molar-refractivity contribution >= 4 is 11.6 Å². The lowest BCUT2D eigenvalue weighted by molar-refractivity contribution is 0.192. The van der Waals surface area contributed by atoms with Crippen LogP contribution in [0.1, 0.15) is 12.5 Å². The molecule has 1 N–H and O–H groups in total. The van der Waals surface area contributed by atoms with Crippen LogP contribution in [-0.4, -0.2) is 25.4 Å². The smallest absolute Gasteiger partial charge is 0.167 e. The van der Waals surface area contributed by atoms with Crippen molar-refractivity contribution in [1.29, 1.82) is 0 Å². The highest BCUT2D eigenvalue weighted by atomic mass is 35.5. The van der Waals surface area contributed by atoms with Gasteiger partial charge >= 0.3 is 0 Å². The van der Waals surface area contributed by atoms with Gasteiger partial charge in [0.15, 0.2) is 11.5 Å². The number of ether oxygens (including phenoxy) is 2. The van der Waals surface area contributed by atoms with Gasteiger partial charge in [-0.3, -0.25) is 0 Å². The number of aliphatic hydroxyl groups is 1. The summed E-state index contributed by atoms with van der Waals surface area (Å²) in [5.41, 5.74) is 0.224. The molecule has 0 aromatic heterocycles. The van der Waals surface area contributed by atoms with Crippen molar-refractivity contribution in [2.45, 2.75) is 19.4 Å². The van der Waals surface area contributed by atoms with Gasteiger partial charge in [-0.05, 0) is 6.92 Å². The van der Waals surface area contributed by atoms with Gasteiger partial charge in [0.25, 0.3) is 0 Å². The van der Waals surface area contributed by atoms with Crippen LogP contribution in [-0.2, 0) is 6.42 Å². The van der Waals surface area contributed by atoms with Crippen molar-refractivity contribution in [3.05, 3.63) is 22.5 Å². The quantitative estimate of drug-likeness (QED) is 0.889. The van der Waals surface area contributed by atoms with Gasteiger partial charge < -0.3 is 14.6 Å². The van der Waals surface area contributed by atoms with Crippen molar-refractivity contribution < 1.29 is 19.0 Å². The second-order valence-corrected chi connectivity index (χ2v) is 3.85. The largest absolute Gasteiger partial charge is 0.493 e. The number of hydrogen-bond acceptors (Lipinski definition) is 3. The van der Waals surface area contributed by atoms with E-state index in [1.165, 1.54) is 20.3 Å². The molecule has 0 aliphatic rings. The molecule has 0 saturated heterocycles. The summed E-state index contributed by atoms with van der Waals surface area (Å²) in [6.45, 7) is 1.56. The Morgan fingerprint density at radius 3 is 2.50 bits per heavy atom. The van der Waals surface area contributed by atoms with Crippen molar-refractivity contribution in [1.82, 2.24) is 0 Å². The van der Waals surface area contributed by atoms with Crippen LogP contribution >= 0.6 is 11.6 Å². The van der Waals surface area contributed by atoms with Crippen LogP contribution in [0.15, 0.2) is 6.07 Å². The predicted molar refractivity (Wildman–Crippen MR) is 59.9 cm³/mol. The first-order valence-corrected chi connectivity index (χ1v) is 5.16. The normalized spacial score (nSPS) is 12.4. The Morgan fingerprint density at radius 1 is 1.44 bits per heavy atom. The van der Waals surface area contributed by atoms with E-state index in [0.717, 1.165) is 0 Å². The molecule has 16 heavy (non-hydrogen) atoms. The number of benzene rings is 1. The molecule has 90 valence electrons. The van der Waals surface area contributed by atoms with Gasteiger partial charge in [0.1, 0.15) is 5.82 Å². The summed E-state index contributed by atoms with van der Waals surface area (Å²) in [6.07, 6.45) is -0.571. The molecule has 1 aromatic rings. The fourth-order valence-corrected chi connectivity index (χ4v) is 1.70. The summed E-state index contributed by atoms with van der Waals surface area (Å²) in [5.74, 6) is 0.0371. The van der Waals surface area contributed by atoms with Crippen LogP contribution in [0.4, 0.5) is 4.39 Å². The molecule has 1 aromatic carbocycles. The Labute approximate surface area is 98.7 Å². The third kappa shape index (κ3) is 2.57. The van der Waals surface area contributed by atoms with Crippen LogP contribution in [0.2, 0.25) is 5.02 Å². The molecule has 0 radical (unpaired) electrons. The topological polar surface area (TPSA) is 38.7 Å². The third-order valence-electron chi connectivity index (χ3n) is 2.15. The van der Waals surface area contributed by atoms with Crippen molar-refractivity contribution in [3.63, 3.8) is 0 Å². The number of rotatable bonds is 4. The average Bonchev–Trinajstić information content (AvgIpc) is 2.23. The van der Waals surface area contributed by atoms with Crippen molar-refractivity contribution in [2.75, 3.05) is 14.2 Å². The van der Waals surface area contributed by atoms with Crippen LogP contribution in [0, 0.1) is 5.82 Å². The molecule has 0 aliphatic carbocycles. The first kappa shape index (κ1) is 13.1. The summed E-state index contributed by atoms with van der Waals surface area (Å²) < 4.78 is 23.9. The Bertz CT molecular complexity index is 380. The van der Waals surface area contributed by atoms with Gasteiger partial charge in [0, 0.05) is 18.1 Å². The van der Waals surface area contributed by atoms with Crippen LogP contribution in [0.5, 0.6) is 11.5 Å². The fourth-order valence-electron chi connectivity index (χ4n) is 1.49. The Kier molecular flexibility index (Phi) is 4.38. The molecule has 1 rings (SSSR count). The van der Waals surface area contributed by atoms with E-state index in [4.69, 9.17) is 21.1 Å². The lowest BCUT2D eigenvalue weighted by atomic mass is 10.1. The van der Waals surface area contributed by atoms with Gasteiger partial charge in [-0.15, -0.1) is 0 Å². The maximum atomic E-state index is 13.7. The Hall–Kier alpha value is -1.00. The van der Waals surface area contributed by atoms with E-state index in [9.17, 15) is 9.50 Å². The first-order valence-electron chi connectivity index (χ1n) is 4.78. The van der Waals surface area contributed by atoms with Gasteiger partial charge in [0.05, 0.1) is 25.3 Å². The number of hydrogen-bond donors (Lipinski definition) is 1. The summed E-state index contributed by atoms with van der Waals surface area (Å²) in [7, 11) is 2.86. The highest BCUT2D eigenvalue weighted by molar-refractivity contribution is 6.31. The van der Waals surface area contributed by atoms with Crippen molar-refractivity contribution in [2.24, 2.45) is 0 Å². The van der Waals surface area contributed by atoms with E-state index < -0.39 is 11.9 Å². The van der Waals surface area contributed by atoms with Crippen molar-refractivity contribution in [3.8, 4) is 11.5 Å². The van der Waals surface area contributed by atoms with E-state index in [0.29, 0.717) is 5.75 Å². The molecule has 0 fully saturated rings. The molecule has 0 bridgehead atoms. The lowest BCUT2D eigenvalue weighted by Gasteiger charge is -2.15. The molecule has 3 nitrogen and oxygen atoms in total. The number of methoxy groups -OCH3 is 2. The summed E-state index contributed by atoms with van der Waals surface area (Å²) >= 11 is 5.72. The molecular weight excluding hydrogens is 235 g/mol. The van der Waals surface area contributed by atoms with E-state index in [2.05, 4.69) is 0 Å². The molecule has 0 heterocycles. The Morgan fingerprint density at radius 2 is 2.06 bits per heavy atom. The average molecular weight is 249 g/mol. The van der Waals surface area contributed by atoms with E-state index >= 15 is 0 Å². The number of aliphatic hydroxyl groups excluding tert-OH is 1. The fraction of sp³-hybridized carbons (Fsp3) is 0.455. The molecule has 0 amide bonds. The lowest BCUT2D eigenvalue weighted by Crippen LogP contribution is -2.09. The molecule has 1 atom stereocenters. The third-order valence-corrected chi connectivity index (χ3v) is 2.43. The highest BCUT2D eigenvalue weighted by Crippen LogP contribution is 2.37. The zero-order valence-corrected chi connectivity index (χ0v) is 10.1. The minimum absolute atomic E-state index is 0.0479. The zero-order chi connectivity index (χ0) is 12.3. The van der Waals surface area contributed by atoms with Gasteiger partial charge in [-0.2, -0.15) is 0 Å². The summed E-state index contributed by atoms with van der Waals surface area (Å²) in [5, 5.41) is 9.25. The molecule has 0 saturated carbocycles. The standard InChI is InChI=1S/C11H14ClFO3/c1-6(14)4-7-10(13)8(12)5-9(15-2)11(7)16-3/h5-6,14H,4H2,1-3H3. The Balaban J connectivity index is 3.34. The molecule has 5 heteroatoms. The molecule has 0 spiro atoms. The summed E-state index contributed by atoms with van der Waals surface area (Å²) in [6, 6.07) is 1.35. The number of halogens is 2. The van der Waals surface area contributed by atoms with Gasteiger partial charge in [-0.25, -0.2) is 4.39 Å². The first-order chi connectivity index (χ1) is 7.51. The van der Waals surface area contributed by atoms with E-state index in [-0.39, 0.29) is 22.8 Å². The zero-order valence-electron chi connectivity index (χ0n) is 9.38. The summed E-state index contributed by atoms with van der Waals surface area (Å²) in [4.78, 5) is 0. The maximum Gasteiger partial charge on any atom is 0.167 e. The second-order valence-electron chi connectivity index (χ2n) is 3.44.